The molecular weight excluding hydrogens is 270 g/mol. The summed E-state index contributed by atoms with van der Waals surface area (Å²) in [6.45, 7) is 0. The minimum Gasteiger partial charge on any atom is -0.204 e. The largest absolute Gasteiger partial charge is 0.204 e. The van der Waals surface area contributed by atoms with Crippen molar-refractivity contribution in [1.29, 1.82) is 0 Å². The van der Waals surface area contributed by atoms with Gasteiger partial charge in [-0.2, -0.15) is 0 Å². The Balaban J connectivity index is 3.31. The fourth-order valence-electron chi connectivity index (χ4n) is 0.525. The molecule has 0 radical (unpaired) electrons. The van der Waals surface area contributed by atoms with E-state index in [1.165, 1.54) is 6.07 Å². The molecule has 1 rings (SSSR count). The fourth-order valence-corrected chi connectivity index (χ4v) is 1.70. The van der Waals surface area contributed by atoms with Crippen LogP contribution in [-0.4, -0.2) is 0 Å². The third-order valence-corrected chi connectivity index (χ3v) is 1.98. The molecule has 0 unspecified atom stereocenters. The first-order valence-corrected chi connectivity index (χ1v) is 4.00. The molecule has 0 aromatic heterocycles. The molecule has 54 valence electrons. The summed E-state index contributed by atoms with van der Waals surface area (Å²) in [7, 11) is 0. The van der Waals surface area contributed by atoms with Crippen LogP contribution in [0.3, 0.4) is 0 Å². The Kier molecular flexibility index (Phi) is 2.41. The van der Waals surface area contributed by atoms with Gasteiger partial charge in [0, 0.05) is 4.47 Å². The summed E-state index contributed by atoms with van der Waals surface area (Å²) in [5.74, 6) is -1.72. The van der Waals surface area contributed by atoms with Gasteiger partial charge in [-0.3, -0.25) is 0 Å². The summed E-state index contributed by atoms with van der Waals surface area (Å²) in [6, 6.07) is 2.51. The highest BCUT2D eigenvalue weighted by molar-refractivity contribution is 9.11. The average Bonchev–Trinajstić information content (AvgIpc) is 1.82. The quantitative estimate of drug-likeness (QED) is 0.501. The fraction of sp³-hybridized carbons (Fsp3) is 0. The Hall–Kier alpha value is 0.0400. The molecule has 0 N–H and O–H groups in total. The van der Waals surface area contributed by atoms with Crippen LogP contribution >= 0.6 is 31.9 Å². The van der Waals surface area contributed by atoms with Gasteiger partial charge in [0.05, 0.1) is 4.47 Å². The lowest BCUT2D eigenvalue weighted by Crippen LogP contribution is -1.84. The Labute approximate surface area is 73.5 Å². The Morgan fingerprint density at radius 3 is 2.20 bits per heavy atom. The maximum Gasteiger partial charge on any atom is 0.173 e. The van der Waals surface area contributed by atoms with E-state index in [0.717, 1.165) is 6.07 Å². The van der Waals surface area contributed by atoms with Gasteiger partial charge in [-0.15, -0.1) is 0 Å². The third kappa shape index (κ3) is 1.55. The van der Waals surface area contributed by atoms with Gasteiger partial charge >= 0.3 is 0 Å². The molecule has 0 atom stereocenters. The first-order valence-electron chi connectivity index (χ1n) is 2.41. The zero-order valence-corrected chi connectivity index (χ0v) is 7.84. The third-order valence-electron chi connectivity index (χ3n) is 0.949. The molecule has 4 heteroatoms. The SMILES string of the molecule is Fc1cc(Br)cc(Br)c1F. The van der Waals surface area contributed by atoms with Crippen molar-refractivity contribution < 1.29 is 8.78 Å². The number of benzene rings is 1. The van der Waals surface area contributed by atoms with E-state index in [9.17, 15) is 8.78 Å². The highest BCUT2D eigenvalue weighted by atomic mass is 79.9. The van der Waals surface area contributed by atoms with Gasteiger partial charge in [-0.05, 0) is 28.1 Å². The van der Waals surface area contributed by atoms with Crippen LogP contribution in [-0.2, 0) is 0 Å². The second kappa shape index (κ2) is 2.96. The van der Waals surface area contributed by atoms with Crippen LogP contribution in [0.4, 0.5) is 8.78 Å². The second-order valence-electron chi connectivity index (χ2n) is 1.68. The molecule has 0 amide bonds. The lowest BCUT2D eigenvalue weighted by molar-refractivity contribution is 0.503. The van der Waals surface area contributed by atoms with E-state index in [4.69, 9.17) is 0 Å². The number of hydrogen-bond acceptors (Lipinski definition) is 0. The normalized spacial score (nSPS) is 10.0. The minimum atomic E-state index is -0.860. The molecule has 0 bridgehead atoms. The first-order chi connectivity index (χ1) is 4.61. The highest BCUT2D eigenvalue weighted by Gasteiger charge is 2.06. The van der Waals surface area contributed by atoms with Crippen LogP contribution in [0.15, 0.2) is 21.1 Å². The molecule has 0 spiro atoms. The van der Waals surface area contributed by atoms with Crippen molar-refractivity contribution in [3.05, 3.63) is 32.7 Å². The molecule has 0 aliphatic rings. The van der Waals surface area contributed by atoms with Crippen LogP contribution in [0.5, 0.6) is 0 Å². The van der Waals surface area contributed by atoms with Gasteiger partial charge in [0.2, 0.25) is 0 Å². The van der Waals surface area contributed by atoms with E-state index in [0.29, 0.717) is 4.47 Å². The van der Waals surface area contributed by atoms with Gasteiger partial charge in [-0.1, -0.05) is 15.9 Å². The molecule has 0 aliphatic heterocycles. The maximum atomic E-state index is 12.5. The van der Waals surface area contributed by atoms with Gasteiger partial charge in [0.1, 0.15) is 0 Å². The van der Waals surface area contributed by atoms with Gasteiger partial charge in [0.15, 0.2) is 11.6 Å². The number of rotatable bonds is 0. The van der Waals surface area contributed by atoms with Crippen LogP contribution in [0.2, 0.25) is 0 Å². The van der Waals surface area contributed by atoms with Gasteiger partial charge in [-0.25, -0.2) is 8.78 Å². The molecule has 0 nitrogen and oxygen atoms in total. The molecule has 0 heterocycles. The van der Waals surface area contributed by atoms with Crippen molar-refractivity contribution in [2.45, 2.75) is 0 Å². The van der Waals surface area contributed by atoms with Crippen LogP contribution in [0.1, 0.15) is 0 Å². The number of halogens is 4. The van der Waals surface area contributed by atoms with E-state index < -0.39 is 11.6 Å². The summed E-state index contributed by atoms with van der Waals surface area (Å²) in [5.41, 5.74) is 0. The topological polar surface area (TPSA) is 0 Å². The summed E-state index contributed by atoms with van der Waals surface area (Å²) in [4.78, 5) is 0. The van der Waals surface area contributed by atoms with Gasteiger partial charge < -0.3 is 0 Å². The molecule has 0 fully saturated rings. The lowest BCUT2D eigenvalue weighted by atomic mass is 10.3. The van der Waals surface area contributed by atoms with Crippen molar-refractivity contribution in [2.24, 2.45) is 0 Å². The van der Waals surface area contributed by atoms with E-state index in [1.54, 1.807) is 0 Å². The predicted octanol–water partition coefficient (Wildman–Crippen LogP) is 3.49. The van der Waals surface area contributed by atoms with E-state index in [-0.39, 0.29) is 4.47 Å². The van der Waals surface area contributed by atoms with E-state index >= 15 is 0 Å². The monoisotopic (exact) mass is 270 g/mol. The Morgan fingerprint density at radius 2 is 1.70 bits per heavy atom. The molecule has 0 saturated carbocycles. The zero-order chi connectivity index (χ0) is 7.72. The smallest absolute Gasteiger partial charge is 0.173 e. The lowest BCUT2D eigenvalue weighted by Gasteiger charge is -1.95. The van der Waals surface area contributed by atoms with Crippen LogP contribution in [0.25, 0.3) is 0 Å². The molecule has 0 aliphatic carbocycles. The van der Waals surface area contributed by atoms with Crippen LogP contribution < -0.4 is 0 Å². The van der Waals surface area contributed by atoms with Gasteiger partial charge in [0.25, 0.3) is 0 Å². The number of hydrogen-bond donors (Lipinski definition) is 0. The predicted molar refractivity (Wildman–Crippen MR) is 41.8 cm³/mol. The van der Waals surface area contributed by atoms with Crippen molar-refractivity contribution >= 4 is 31.9 Å². The van der Waals surface area contributed by atoms with E-state index in [2.05, 4.69) is 31.9 Å². The molecule has 0 saturated heterocycles. The standard InChI is InChI=1S/C6H2Br2F2/c7-3-1-4(8)6(10)5(9)2-3/h1-2H. The van der Waals surface area contributed by atoms with Crippen molar-refractivity contribution in [3.63, 3.8) is 0 Å². The summed E-state index contributed by atoms with van der Waals surface area (Å²) >= 11 is 5.86. The molecular formula is C6H2Br2F2. The van der Waals surface area contributed by atoms with Crippen molar-refractivity contribution in [3.8, 4) is 0 Å². The molecule has 10 heavy (non-hydrogen) atoms. The first kappa shape index (κ1) is 8.14. The average molecular weight is 272 g/mol. The minimum absolute atomic E-state index is 0.124. The molecule has 1 aromatic rings. The Morgan fingerprint density at radius 1 is 1.10 bits per heavy atom. The van der Waals surface area contributed by atoms with Crippen LogP contribution in [0, 0.1) is 11.6 Å². The summed E-state index contributed by atoms with van der Waals surface area (Å²) in [5, 5.41) is 0. The van der Waals surface area contributed by atoms with Crippen molar-refractivity contribution in [1.82, 2.24) is 0 Å². The highest BCUT2D eigenvalue weighted by Crippen LogP contribution is 2.23. The van der Waals surface area contributed by atoms with E-state index in [1.807, 2.05) is 0 Å². The summed E-state index contributed by atoms with van der Waals surface area (Å²) < 4.78 is 25.5. The summed E-state index contributed by atoms with van der Waals surface area (Å²) in [6.07, 6.45) is 0. The van der Waals surface area contributed by atoms with Crippen molar-refractivity contribution in [2.75, 3.05) is 0 Å². The maximum absolute atomic E-state index is 12.5. The second-order valence-corrected chi connectivity index (χ2v) is 3.45. The molecule has 1 aromatic carbocycles. The zero-order valence-electron chi connectivity index (χ0n) is 4.67. The Bertz CT molecular complexity index is 237.